The monoisotopic (exact) mass is 232 g/mol. The number of piperidine rings is 1. The number of aromatic nitrogens is 1. The predicted molar refractivity (Wildman–Crippen MR) is 66.6 cm³/mol. The van der Waals surface area contributed by atoms with E-state index >= 15 is 0 Å². The average molecular weight is 232 g/mol. The third kappa shape index (κ3) is 2.09. The Hall–Kier alpha value is -0.930. The summed E-state index contributed by atoms with van der Waals surface area (Å²) < 4.78 is 0. The van der Waals surface area contributed by atoms with Gasteiger partial charge in [-0.2, -0.15) is 0 Å². The van der Waals surface area contributed by atoms with Crippen LogP contribution in [0.25, 0.3) is 0 Å². The quantitative estimate of drug-likeness (QED) is 0.845. The van der Waals surface area contributed by atoms with Crippen LogP contribution in [0.4, 0.5) is 0 Å². The second kappa shape index (κ2) is 4.39. The molecule has 3 heterocycles. The molecule has 2 unspecified atom stereocenters. The Morgan fingerprint density at radius 1 is 1.35 bits per heavy atom. The molecule has 1 N–H and O–H groups in total. The summed E-state index contributed by atoms with van der Waals surface area (Å²) in [5, 5.41) is 9.79. The van der Waals surface area contributed by atoms with E-state index in [9.17, 15) is 5.11 Å². The second-order valence-electron chi connectivity index (χ2n) is 5.45. The molecule has 17 heavy (non-hydrogen) atoms. The van der Waals surface area contributed by atoms with Crippen LogP contribution < -0.4 is 0 Å². The third-order valence-corrected chi connectivity index (χ3v) is 4.31. The normalized spacial score (nSPS) is 32.9. The Balaban J connectivity index is 1.76. The summed E-state index contributed by atoms with van der Waals surface area (Å²) in [7, 11) is 0. The van der Waals surface area contributed by atoms with Crippen LogP contribution in [-0.2, 0) is 6.54 Å². The molecule has 1 aromatic heterocycles. The maximum absolute atomic E-state index is 9.79. The van der Waals surface area contributed by atoms with Gasteiger partial charge in [0.1, 0.15) is 0 Å². The van der Waals surface area contributed by atoms with Crippen LogP contribution in [0.5, 0.6) is 0 Å². The summed E-state index contributed by atoms with van der Waals surface area (Å²) in [6.45, 7) is 3.08. The highest BCUT2D eigenvalue weighted by atomic mass is 16.3. The van der Waals surface area contributed by atoms with Crippen molar-refractivity contribution < 1.29 is 5.11 Å². The zero-order valence-corrected chi connectivity index (χ0v) is 10.3. The molecular formula is C14H20N2O. The van der Waals surface area contributed by atoms with Crippen molar-refractivity contribution in [2.75, 3.05) is 0 Å². The SMILES string of the molecule is Cc1cccnc1CN1C2CCC1CC(O)C2. The molecule has 1 aromatic rings. The van der Waals surface area contributed by atoms with Gasteiger partial charge in [0.2, 0.25) is 0 Å². The fourth-order valence-corrected chi connectivity index (χ4v) is 3.36. The molecule has 3 nitrogen and oxygen atoms in total. The van der Waals surface area contributed by atoms with Crippen molar-refractivity contribution in [3.8, 4) is 0 Å². The topological polar surface area (TPSA) is 36.4 Å². The van der Waals surface area contributed by atoms with Crippen LogP contribution in [0.3, 0.4) is 0 Å². The Morgan fingerprint density at radius 3 is 2.71 bits per heavy atom. The van der Waals surface area contributed by atoms with E-state index in [1.165, 1.54) is 24.1 Å². The summed E-state index contributed by atoms with van der Waals surface area (Å²) in [5.41, 5.74) is 2.47. The van der Waals surface area contributed by atoms with Crippen molar-refractivity contribution in [2.24, 2.45) is 0 Å². The lowest BCUT2D eigenvalue weighted by Gasteiger charge is -2.37. The molecule has 0 aliphatic carbocycles. The largest absolute Gasteiger partial charge is 0.393 e. The van der Waals surface area contributed by atoms with Crippen molar-refractivity contribution >= 4 is 0 Å². The standard InChI is InChI=1S/C14H20N2O/c1-10-3-2-6-15-14(10)9-16-11-4-5-12(16)8-13(17)7-11/h2-3,6,11-13,17H,4-5,7-9H2,1H3. The number of rotatable bonds is 2. The highest BCUT2D eigenvalue weighted by Gasteiger charge is 2.40. The van der Waals surface area contributed by atoms with Crippen LogP contribution in [0, 0.1) is 6.92 Å². The number of nitrogens with zero attached hydrogens (tertiary/aromatic N) is 2. The zero-order valence-electron chi connectivity index (χ0n) is 10.3. The van der Waals surface area contributed by atoms with Gasteiger partial charge in [0.15, 0.2) is 0 Å². The number of pyridine rings is 1. The minimum atomic E-state index is -0.0754. The van der Waals surface area contributed by atoms with Gasteiger partial charge in [0.05, 0.1) is 11.8 Å². The second-order valence-corrected chi connectivity index (χ2v) is 5.45. The Kier molecular flexibility index (Phi) is 2.89. The van der Waals surface area contributed by atoms with Crippen molar-refractivity contribution in [1.29, 1.82) is 0 Å². The molecule has 2 fully saturated rings. The number of aliphatic hydroxyl groups excluding tert-OH is 1. The summed E-state index contributed by atoms with van der Waals surface area (Å²) in [6.07, 6.45) is 6.18. The van der Waals surface area contributed by atoms with Gasteiger partial charge in [-0.3, -0.25) is 9.88 Å². The van der Waals surface area contributed by atoms with E-state index in [0.29, 0.717) is 12.1 Å². The smallest absolute Gasteiger partial charge is 0.0573 e. The molecule has 2 aliphatic rings. The van der Waals surface area contributed by atoms with Crippen LogP contribution in [0.2, 0.25) is 0 Å². The number of hydrogen-bond donors (Lipinski definition) is 1. The molecule has 3 rings (SSSR count). The molecule has 0 spiro atoms. The molecule has 2 atom stereocenters. The van der Waals surface area contributed by atoms with Crippen LogP contribution >= 0.6 is 0 Å². The van der Waals surface area contributed by atoms with Crippen molar-refractivity contribution in [2.45, 2.75) is 57.3 Å². The summed E-state index contributed by atoms with van der Waals surface area (Å²) >= 11 is 0. The number of fused-ring (bicyclic) bond motifs is 2. The highest BCUT2D eigenvalue weighted by molar-refractivity contribution is 5.18. The maximum atomic E-state index is 9.79. The van der Waals surface area contributed by atoms with Gasteiger partial charge in [-0.05, 0) is 44.2 Å². The summed E-state index contributed by atoms with van der Waals surface area (Å²) in [6, 6.07) is 5.27. The third-order valence-electron chi connectivity index (χ3n) is 4.31. The first-order valence-electron chi connectivity index (χ1n) is 6.58. The van der Waals surface area contributed by atoms with Gasteiger partial charge < -0.3 is 5.11 Å². The van der Waals surface area contributed by atoms with Crippen LogP contribution in [-0.4, -0.2) is 33.2 Å². The van der Waals surface area contributed by atoms with E-state index in [0.717, 1.165) is 19.4 Å². The van der Waals surface area contributed by atoms with E-state index in [1.807, 2.05) is 12.3 Å². The lowest BCUT2D eigenvalue weighted by molar-refractivity contribution is 0.0303. The molecule has 92 valence electrons. The van der Waals surface area contributed by atoms with Gasteiger partial charge in [0, 0.05) is 24.8 Å². The van der Waals surface area contributed by atoms with Crippen molar-refractivity contribution in [3.05, 3.63) is 29.6 Å². The highest BCUT2D eigenvalue weighted by Crippen LogP contribution is 2.36. The molecule has 0 radical (unpaired) electrons. The number of aliphatic hydroxyl groups is 1. The lowest BCUT2D eigenvalue weighted by Crippen LogP contribution is -2.44. The first-order chi connectivity index (χ1) is 8.24. The van der Waals surface area contributed by atoms with Gasteiger partial charge in [0.25, 0.3) is 0 Å². The average Bonchev–Trinajstić information content (AvgIpc) is 2.56. The molecule has 2 aliphatic heterocycles. The number of aryl methyl sites for hydroxylation is 1. The molecule has 0 aromatic carbocycles. The Labute approximate surface area is 102 Å². The fourth-order valence-electron chi connectivity index (χ4n) is 3.36. The van der Waals surface area contributed by atoms with Gasteiger partial charge in [-0.1, -0.05) is 6.07 Å². The molecule has 0 amide bonds. The lowest BCUT2D eigenvalue weighted by atomic mass is 9.99. The van der Waals surface area contributed by atoms with E-state index in [-0.39, 0.29) is 6.10 Å². The number of hydrogen-bond acceptors (Lipinski definition) is 3. The molecular weight excluding hydrogens is 212 g/mol. The van der Waals surface area contributed by atoms with Crippen LogP contribution in [0.1, 0.15) is 36.9 Å². The minimum absolute atomic E-state index is 0.0754. The summed E-state index contributed by atoms with van der Waals surface area (Å²) in [4.78, 5) is 7.04. The minimum Gasteiger partial charge on any atom is -0.393 e. The molecule has 2 bridgehead atoms. The van der Waals surface area contributed by atoms with Crippen molar-refractivity contribution in [3.63, 3.8) is 0 Å². The molecule has 3 heteroatoms. The Morgan fingerprint density at radius 2 is 2.06 bits per heavy atom. The molecule has 2 saturated heterocycles. The van der Waals surface area contributed by atoms with Gasteiger partial charge in [-0.25, -0.2) is 0 Å². The maximum Gasteiger partial charge on any atom is 0.0573 e. The van der Waals surface area contributed by atoms with Crippen LogP contribution in [0.15, 0.2) is 18.3 Å². The summed E-state index contributed by atoms with van der Waals surface area (Å²) in [5.74, 6) is 0. The van der Waals surface area contributed by atoms with Gasteiger partial charge in [-0.15, -0.1) is 0 Å². The Bertz CT molecular complexity index is 393. The first kappa shape index (κ1) is 11.2. The van der Waals surface area contributed by atoms with Crippen molar-refractivity contribution in [1.82, 2.24) is 9.88 Å². The zero-order chi connectivity index (χ0) is 11.8. The van der Waals surface area contributed by atoms with E-state index in [1.54, 1.807) is 0 Å². The first-order valence-corrected chi connectivity index (χ1v) is 6.58. The fraction of sp³-hybridized carbons (Fsp3) is 0.643. The van der Waals surface area contributed by atoms with E-state index < -0.39 is 0 Å². The molecule has 0 saturated carbocycles. The van der Waals surface area contributed by atoms with E-state index in [4.69, 9.17) is 0 Å². The predicted octanol–water partition coefficient (Wildman–Crippen LogP) is 1.88. The van der Waals surface area contributed by atoms with Gasteiger partial charge >= 0.3 is 0 Å². The van der Waals surface area contributed by atoms with E-state index in [2.05, 4.69) is 22.9 Å².